The number of aromatic hydroxyl groups is 1. The lowest BCUT2D eigenvalue weighted by atomic mass is 10.2. The molecule has 4 N–H and O–H groups in total. The number of phenolic OH excluding ortho intramolecular Hbond substituents is 1. The Hall–Kier alpha value is -1.79. The van der Waals surface area contributed by atoms with Crippen LogP contribution in [0.3, 0.4) is 0 Å². The van der Waals surface area contributed by atoms with Crippen molar-refractivity contribution in [3.05, 3.63) is 29.8 Å². The van der Waals surface area contributed by atoms with Gasteiger partial charge in [0.05, 0.1) is 6.10 Å². The fourth-order valence-corrected chi connectivity index (χ4v) is 2.40. The number of carbonyl (C=O) groups excluding carboxylic acids is 1. The molecule has 1 fully saturated rings. The Bertz CT molecular complexity index is 444. The Morgan fingerprint density at radius 1 is 1.19 bits per heavy atom. The van der Waals surface area contributed by atoms with Gasteiger partial charge < -0.3 is 25.7 Å². The molecule has 1 atom stereocenters. The number of carbonyl (C=O) groups is 1. The molecule has 2 amide bonds. The van der Waals surface area contributed by atoms with Crippen LogP contribution in [0, 0.1) is 0 Å². The van der Waals surface area contributed by atoms with Crippen LogP contribution in [0.25, 0.3) is 0 Å². The Balaban J connectivity index is 1.61. The number of β-amino-alcohol motifs (C(OH)–C–C–N with tert-alkyl or cyclic N) is 1. The van der Waals surface area contributed by atoms with Crippen LogP contribution in [0.1, 0.15) is 18.4 Å². The zero-order valence-corrected chi connectivity index (χ0v) is 12.1. The van der Waals surface area contributed by atoms with Crippen LogP contribution in [0.5, 0.6) is 5.75 Å². The summed E-state index contributed by atoms with van der Waals surface area (Å²) in [6, 6.07) is 6.35. The first-order chi connectivity index (χ1) is 10.1. The fraction of sp³-hybridized carbons (Fsp3) is 0.533. The van der Waals surface area contributed by atoms with Gasteiger partial charge in [0.25, 0.3) is 0 Å². The number of nitrogens with zero attached hydrogens (tertiary/aromatic N) is 1. The number of amides is 2. The summed E-state index contributed by atoms with van der Waals surface area (Å²) in [7, 11) is 0. The second kappa shape index (κ2) is 7.85. The lowest BCUT2D eigenvalue weighted by Gasteiger charge is -2.19. The summed E-state index contributed by atoms with van der Waals surface area (Å²) in [5, 5.41) is 24.4. The van der Waals surface area contributed by atoms with Gasteiger partial charge in [0.1, 0.15) is 5.75 Å². The molecule has 1 saturated heterocycles. The van der Waals surface area contributed by atoms with E-state index in [1.165, 1.54) is 12.8 Å². The lowest BCUT2D eigenvalue weighted by molar-refractivity contribution is 0.124. The number of aliphatic hydroxyl groups is 1. The Kier molecular flexibility index (Phi) is 5.83. The summed E-state index contributed by atoms with van der Waals surface area (Å²) in [5.74, 6) is 0.202. The average Bonchev–Trinajstić information content (AvgIpc) is 2.97. The molecule has 0 aliphatic carbocycles. The number of likely N-dealkylation sites (tertiary alicyclic amines) is 1. The summed E-state index contributed by atoms with van der Waals surface area (Å²) in [5.41, 5.74) is 0.903. The Morgan fingerprint density at radius 3 is 2.52 bits per heavy atom. The minimum absolute atomic E-state index is 0.202. The summed E-state index contributed by atoms with van der Waals surface area (Å²) < 4.78 is 0. The number of aliphatic hydroxyl groups excluding tert-OH is 1. The van der Waals surface area contributed by atoms with Crippen LogP contribution < -0.4 is 10.6 Å². The van der Waals surface area contributed by atoms with Crippen LogP contribution in [0.4, 0.5) is 4.79 Å². The van der Waals surface area contributed by atoms with E-state index < -0.39 is 6.10 Å². The Labute approximate surface area is 124 Å². The van der Waals surface area contributed by atoms with Gasteiger partial charge in [-0.05, 0) is 43.6 Å². The number of hydrogen-bond acceptors (Lipinski definition) is 4. The van der Waals surface area contributed by atoms with E-state index in [1.807, 2.05) is 0 Å². The van der Waals surface area contributed by atoms with Crippen LogP contribution in [-0.4, -0.2) is 53.4 Å². The first kappa shape index (κ1) is 15.6. The van der Waals surface area contributed by atoms with Crippen molar-refractivity contribution in [2.24, 2.45) is 0 Å². The first-order valence-corrected chi connectivity index (χ1v) is 7.33. The van der Waals surface area contributed by atoms with E-state index in [0.717, 1.165) is 18.7 Å². The molecule has 1 aromatic rings. The second-order valence-electron chi connectivity index (χ2n) is 5.39. The molecule has 0 radical (unpaired) electrons. The van der Waals surface area contributed by atoms with E-state index in [2.05, 4.69) is 15.5 Å². The topological polar surface area (TPSA) is 84.8 Å². The molecule has 6 heteroatoms. The minimum Gasteiger partial charge on any atom is -0.508 e. The molecule has 0 unspecified atom stereocenters. The average molecular weight is 293 g/mol. The van der Waals surface area contributed by atoms with Crippen LogP contribution in [0.15, 0.2) is 24.3 Å². The van der Waals surface area contributed by atoms with Gasteiger partial charge in [-0.1, -0.05) is 12.1 Å². The highest BCUT2D eigenvalue weighted by molar-refractivity contribution is 5.73. The summed E-state index contributed by atoms with van der Waals surface area (Å²) in [6.07, 6.45) is 1.84. The van der Waals surface area contributed by atoms with E-state index in [0.29, 0.717) is 13.1 Å². The number of rotatable bonds is 6. The highest BCUT2D eigenvalue weighted by Gasteiger charge is 2.16. The molecule has 0 aromatic heterocycles. The zero-order valence-electron chi connectivity index (χ0n) is 12.1. The fourth-order valence-electron chi connectivity index (χ4n) is 2.40. The third-order valence-corrected chi connectivity index (χ3v) is 3.56. The third-order valence-electron chi connectivity index (χ3n) is 3.56. The van der Waals surface area contributed by atoms with Gasteiger partial charge in [-0.15, -0.1) is 0 Å². The van der Waals surface area contributed by atoms with Crippen molar-refractivity contribution >= 4 is 6.03 Å². The second-order valence-corrected chi connectivity index (χ2v) is 5.39. The smallest absolute Gasteiger partial charge is 0.315 e. The van der Waals surface area contributed by atoms with E-state index in [4.69, 9.17) is 5.11 Å². The van der Waals surface area contributed by atoms with Gasteiger partial charge in [0.15, 0.2) is 0 Å². The predicted octanol–water partition coefficient (Wildman–Crippen LogP) is 0.648. The number of nitrogens with one attached hydrogen (secondary N) is 2. The van der Waals surface area contributed by atoms with E-state index in [9.17, 15) is 9.90 Å². The normalized spacial score (nSPS) is 16.6. The first-order valence-electron chi connectivity index (χ1n) is 7.33. The molecular formula is C15H23N3O3. The van der Waals surface area contributed by atoms with Gasteiger partial charge >= 0.3 is 6.03 Å². The van der Waals surface area contributed by atoms with Gasteiger partial charge in [0, 0.05) is 19.6 Å². The molecule has 1 aliphatic rings. The summed E-state index contributed by atoms with van der Waals surface area (Å²) in [6.45, 7) is 3.30. The highest BCUT2D eigenvalue weighted by atomic mass is 16.3. The quantitative estimate of drug-likeness (QED) is 0.620. The van der Waals surface area contributed by atoms with Crippen molar-refractivity contribution in [2.45, 2.75) is 25.5 Å². The molecule has 0 spiro atoms. The maximum absolute atomic E-state index is 11.6. The van der Waals surface area contributed by atoms with Crippen molar-refractivity contribution < 1.29 is 15.0 Å². The van der Waals surface area contributed by atoms with E-state index in [-0.39, 0.29) is 18.3 Å². The van der Waals surface area contributed by atoms with E-state index >= 15 is 0 Å². The van der Waals surface area contributed by atoms with Crippen LogP contribution >= 0.6 is 0 Å². The zero-order chi connectivity index (χ0) is 15.1. The number of hydrogen-bond donors (Lipinski definition) is 4. The SMILES string of the molecule is O=C(NCc1ccc(O)cc1)NC[C@@H](O)CN1CCCC1. The lowest BCUT2D eigenvalue weighted by Crippen LogP contribution is -2.43. The molecule has 116 valence electrons. The number of benzene rings is 1. The van der Waals surface area contributed by atoms with Crippen molar-refractivity contribution in [3.8, 4) is 5.75 Å². The molecule has 1 heterocycles. The van der Waals surface area contributed by atoms with Gasteiger partial charge in [0.2, 0.25) is 0 Å². The van der Waals surface area contributed by atoms with Gasteiger partial charge in [-0.2, -0.15) is 0 Å². The number of phenols is 1. The van der Waals surface area contributed by atoms with E-state index in [1.54, 1.807) is 24.3 Å². The standard InChI is InChI=1S/C15H23N3O3/c19-13-5-3-12(4-6-13)9-16-15(21)17-10-14(20)11-18-7-1-2-8-18/h3-6,14,19-20H,1-2,7-11H2,(H2,16,17,21)/t14-/m1/s1. The van der Waals surface area contributed by atoms with Crippen molar-refractivity contribution in [3.63, 3.8) is 0 Å². The van der Waals surface area contributed by atoms with Gasteiger partial charge in [-0.3, -0.25) is 0 Å². The van der Waals surface area contributed by atoms with Crippen LogP contribution in [0.2, 0.25) is 0 Å². The maximum atomic E-state index is 11.6. The monoisotopic (exact) mass is 293 g/mol. The van der Waals surface area contributed by atoms with Crippen molar-refractivity contribution in [1.82, 2.24) is 15.5 Å². The largest absolute Gasteiger partial charge is 0.508 e. The highest BCUT2D eigenvalue weighted by Crippen LogP contribution is 2.09. The van der Waals surface area contributed by atoms with Crippen molar-refractivity contribution in [1.29, 1.82) is 0 Å². The molecule has 1 aromatic carbocycles. The van der Waals surface area contributed by atoms with Crippen LogP contribution in [-0.2, 0) is 6.54 Å². The van der Waals surface area contributed by atoms with Gasteiger partial charge in [-0.25, -0.2) is 4.79 Å². The number of urea groups is 1. The molecule has 0 bridgehead atoms. The molecule has 1 aliphatic heterocycles. The molecular weight excluding hydrogens is 270 g/mol. The summed E-state index contributed by atoms with van der Waals surface area (Å²) >= 11 is 0. The predicted molar refractivity (Wildman–Crippen MR) is 80.0 cm³/mol. The molecule has 6 nitrogen and oxygen atoms in total. The van der Waals surface area contributed by atoms with Crippen molar-refractivity contribution in [2.75, 3.05) is 26.2 Å². The minimum atomic E-state index is -0.539. The molecule has 0 saturated carbocycles. The summed E-state index contributed by atoms with van der Waals surface area (Å²) in [4.78, 5) is 13.8. The molecule has 21 heavy (non-hydrogen) atoms. The molecule has 2 rings (SSSR count). The third kappa shape index (κ3) is 5.61. The Morgan fingerprint density at radius 2 is 1.86 bits per heavy atom. The maximum Gasteiger partial charge on any atom is 0.315 e.